The summed E-state index contributed by atoms with van der Waals surface area (Å²) < 4.78 is 0. The zero-order chi connectivity index (χ0) is 15.7. The molecule has 0 aliphatic carbocycles. The highest BCUT2D eigenvalue weighted by atomic mass is 35.5. The third-order valence-electron chi connectivity index (χ3n) is 3.81. The summed E-state index contributed by atoms with van der Waals surface area (Å²) >= 11 is 0. The van der Waals surface area contributed by atoms with Gasteiger partial charge < -0.3 is 10.8 Å². The average Bonchev–Trinajstić information content (AvgIpc) is 2.26. The summed E-state index contributed by atoms with van der Waals surface area (Å²) in [7, 11) is 0. The third-order valence-corrected chi connectivity index (χ3v) is 3.81. The molecule has 0 fully saturated rings. The Morgan fingerprint density at radius 2 is 1.57 bits per heavy atom. The molecule has 0 spiro atoms. The van der Waals surface area contributed by atoms with Crippen molar-refractivity contribution < 1.29 is 5.11 Å². The molecule has 122 valence electrons. The fourth-order valence-electron chi connectivity index (χ4n) is 2.41. The van der Waals surface area contributed by atoms with E-state index < -0.39 is 0 Å². The zero-order valence-electron chi connectivity index (χ0n) is 14.6. The maximum atomic E-state index is 10.6. The number of aromatic hydroxyl groups is 1. The minimum absolute atomic E-state index is 0. The van der Waals surface area contributed by atoms with Gasteiger partial charge in [0.15, 0.2) is 0 Å². The molecule has 1 rings (SSSR count). The number of nitrogens with two attached hydrogens (primary N) is 1. The maximum Gasteiger partial charge on any atom is 0.124 e. The van der Waals surface area contributed by atoms with Crippen LogP contribution in [0.4, 0.5) is 0 Å². The van der Waals surface area contributed by atoms with Gasteiger partial charge in [0.2, 0.25) is 0 Å². The van der Waals surface area contributed by atoms with Crippen LogP contribution in [0.25, 0.3) is 0 Å². The van der Waals surface area contributed by atoms with Crippen molar-refractivity contribution in [3.05, 3.63) is 28.8 Å². The quantitative estimate of drug-likeness (QED) is 0.804. The molecule has 2 nitrogen and oxygen atoms in total. The normalized spacial score (nSPS) is 13.7. The first kappa shape index (κ1) is 20.3. The molecule has 3 N–H and O–H groups in total. The third kappa shape index (κ3) is 4.89. The van der Waals surface area contributed by atoms with Gasteiger partial charge in [0, 0.05) is 11.6 Å². The molecular formula is C18H32ClNO. The van der Waals surface area contributed by atoms with Gasteiger partial charge >= 0.3 is 0 Å². The van der Waals surface area contributed by atoms with E-state index in [2.05, 4.69) is 60.6 Å². The fraction of sp³-hybridized carbons (Fsp3) is 0.667. The highest BCUT2D eigenvalue weighted by molar-refractivity contribution is 5.85. The molecule has 1 aromatic carbocycles. The lowest BCUT2D eigenvalue weighted by Crippen LogP contribution is -2.20. The second-order valence-electron chi connectivity index (χ2n) is 7.86. The van der Waals surface area contributed by atoms with Crippen molar-refractivity contribution in [2.75, 3.05) is 0 Å². The van der Waals surface area contributed by atoms with E-state index in [-0.39, 0.29) is 29.3 Å². The first-order valence-electron chi connectivity index (χ1n) is 7.62. The summed E-state index contributed by atoms with van der Waals surface area (Å²) in [5, 5.41) is 10.6. The Morgan fingerprint density at radius 1 is 1.05 bits per heavy atom. The Hall–Kier alpha value is -0.730. The summed E-state index contributed by atoms with van der Waals surface area (Å²) in [6.07, 6.45) is 1.91. The molecule has 0 heterocycles. The molecule has 0 saturated heterocycles. The summed E-state index contributed by atoms with van der Waals surface area (Å²) in [5.74, 6) is 0.381. The molecule has 1 aromatic rings. The lowest BCUT2D eigenvalue weighted by atomic mass is 9.78. The van der Waals surface area contributed by atoms with Crippen LogP contribution in [0.15, 0.2) is 12.1 Å². The van der Waals surface area contributed by atoms with Crippen molar-refractivity contribution in [1.29, 1.82) is 0 Å². The standard InChI is InChI=1S/C18H31NO.ClH/c1-8-9-15(19)13-10-12(17(2,3)4)11-14(16(13)20)18(5,6)7;/h10-11,15,20H,8-9,19H2,1-7H3;1H/t15-;/m0./s1. The predicted molar refractivity (Wildman–Crippen MR) is 94.6 cm³/mol. The Morgan fingerprint density at radius 3 is 1.95 bits per heavy atom. The van der Waals surface area contributed by atoms with Crippen molar-refractivity contribution in [3.63, 3.8) is 0 Å². The van der Waals surface area contributed by atoms with Gasteiger partial charge in [-0.15, -0.1) is 12.4 Å². The van der Waals surface area contributed by atoms with Gasteiger partial charge in [-0.1, -0.05) is 61.0 Å². The SMILES string of the molecule is CCC[C@H](N)c1cc(C(C)(C)C)cc(C(C)(C)C)c1O.Cl. The van der Waals surface area contributed by atoms with Crippen LogP contribution in [0.1, 0.15) is 84.0 Å². The molecule has 0 radical (unpaired) electrons. The van der Waals surface area contributed by atoms with Crippen molar-refractivity contribution in [2.24, 2.45) is 5.73 Å². The van der Waals surface area contributed by atoms with Crippen LogP contribution in [0.2, 0.25) is 0 Å². The molecule has 0 amide bonds. The number of hydrogen-bond donors (Lipinski definition) is 2. The second-order valence-corrected chi connectivity index (χ2v) is 7.86. The van der Waals surface area contributed by atoms with E-state index in [1.807, 2.05) is 0 Å². The average molecular weight is 314 g/mol. The largest absolute Gasteiger partial charge is 0.507 e. The molecule has 21 heavy (non-hydrogen) atoms. The molecule has 1 atom stereocenters. The Labute approximate surface area is 136 Å². The molecular weight excluding hydrogens is 282 g/mol. The van der Waals surface area contributed by atoms with E-state index in [0.717, 1.165) is 24.0 Å². The number of rotatable bonds is 3. The lowest BCUT2D eigenvalue weighted by molar-refractivity contribution is 0.430. The summed E-state index contributed by atoms with van der Waals surface area (Å²) in [6, 6.07) is 4.13. The Bertz CT molecular complexity index is 469. The van der Waals surface area contributed by atoms with Crippen LogP contribution in [-0.2, 0) is 10.8 Å². The van der Waals surface area contributed by atoms with Gasteiger partial charge in [-0.05, 0) is 34.4 Å². The van der Waals surface area contributed by atoms with Crippen molar-refractivity contribution >= 4 is 12.4 Å². The van der Waals surface area contributed by atoms with E-state index in [0.29, 0.717) is 5.75 Å². The van der Waals surface area contributed by atoms with E-state index in [1.165, 1.54) is 5.56 Å². The summed E-state index contributed by atoms with van der Waals surface area (Å²) in [6.45, 7) is 15.1. The van der Waals surface area contributed by atoms with Gasteiger partial charge in [-0.3, -0.25) is 0 Å². The van der Waals surface area contributed by atoms with Crippen LogP contribution >= 0.6 is 12.4 Å². The van der Waals surface area contributed by atoms with Gasteiger partial charge in [0.25, 0.3) is 0 Å². The molecule has 0 saturated carbocycles. The number of benzene rings is 1. The monoisotopic (exact) mass is 313 g/mol. The summed E-state index contributed by atoms with van der Waals surface area (Å²) in [5.41, 5.74) is 9.35. The van der Waals surface area contributed by atoms with Gasteiger partial charge in [0.05, 0.1) is 0 Å². The molecule has 3 heteroatoms. The van der Waals surface area contributed by atoms with Gasteiger partial charge in [0.1, 0.15) is 5.75 Å². The zero-order valence-corrected chi connectivity index (χ0v) is 15.4. The number of phenolic OH excluding ortho intramolecular Hbond substituents is 1. The van der Waals surface area contributed by atoms with Crippen LogP contribution in [0, 0.1) is 0 Å². The molecule has 0 bridgehead atoms. The van der Waals surface area contributed by atoms with Crippen molar-refractivity contribution in [2.45, 2.75) is 78.2 Å². The van der Waals surface area contributed by atoms with Gasteiger partial charge in [-0.2, -0.15) is 0 Å². The number of phenols is 1. The first-order chi connectivity index (χ1) is 8.98. The van der Waals surface area contributed by atoms with Crippen molar-refractivity contribution in [1.82, 2.24) is 0 Å². The lowest BCUT2D eigenvalue weighted by Gasteiger charge is -2.29. The smallest absolute Gasteiger partial charge is 0.124 e. The maximum absolute atomic E-state index is 10.6. The fourth-order valence-corrected chi connectivity index (χ4v) is 2.41. The van der Waals surface area contributed by atoms with Crippen molar-refractivity contribution in [3.8, 4) is 5.75 Å². The summed E-state index contributed by atoms with van der Waals surface area (Å²) in [4.78, 5) is 0. The first-order valence-corrected chi connectivity index (χ1v) is 7.62. The second kappa shape index (κ2) is 7.02. The van der Waals surface area contributed by atoms with Crippen LogP contribution in [0.3, 0.4) is 0 Å². The topological polar surface area (TPSA) is 46.2 Å². The number of hydrogen-bond acceptors (Lipinski definition) is 2. The highest BCUT2D eigenvalue weighted by Gasteiger charge is 2.26. The van der Waals surface area contributed by atoms with Crippen LogP contribution in [0.5, 0.6) is 5.75 Å². The Balaban J connectivity index is 0.00000400. The molecule has 0 unspecified atom stereocenters. The number of halogens is 1. The van der Waals surface area contributed by atoms with Crippen LogP contribution < -0.4 is 5.73 Å². The molecule has 0 aromatic heterocycles. The Kier molecular flexibility index (Phi) is 6.78. The van der Waals surface area contributed by atoms with Crippen LogP contribution in [-0.4, -0.2) is 5.11 Å². The predicted octanol–water partition coefficient (Wildman–Crippen LogP) is 5.21. The molecule has 0 aliphatic rings. The highest BCUT2D eigenvalue weighted by Crippen LogP contribution is 2.40. The minimum Gasteiger partial charge on any atom is -0.507 e. The molecule has 0 aliphatic heterocycles. The van der Waals surface area contributed by atoms with E-state index in [9.17, 15) is 5.11 Å². The van der Waals surface area contributed by atoms with E-state index in [4.69, 9.17) is 5.73 Å². The van der Waals surface area contributed by atoms with Gasteiger partial charge in [-0.25, -0.2) is 0 Å². The van der Waals surface area contributed by atoms with E-state index >= 15 is 0 Å². The minimum atomic E-state index is -0.0941. The van der Waals surface area contributed by atoms with E-state index in [1.54, 1.807) is 0 Å².